The quantitative estimate of drug-likeness (QED) is 0.788. The molecule has 142 valence electrons. The van der Waals surface area contributed by atoms with Crippen molar-refractivity contribution in [1.29, 1.82) is 0 Å². The maximum Gasteiger partial charge on any atom is 0.325 e. The third-order valence-electron chi connectivity index (χ3n) is 8.43. The second kappa shape index (κ2) is 5.56. The highest BCUT2D eigenvalue weighted by Crippen LogP contribution is 2.60. The molecule has 0 unspecified atom stereocenters. The minimum absolute atomic E-state index is 0.00863. The zero-order chi connectivity index (χ0) is 18.1. The van der Waals surface area contributed by atoms with Gasteiger partial charge in [-0.25, -0.2) is 4.79 Å². The Kier molecular flexibility index (Phi) is 3.58. The number of ketones is 1. The van der Waals surface area contributed by atoms with Crippen LogP contribution in [0.2, 0.25) is 0 Å². The molecule has 3 amide bonds. The Bertz CT molecular complexity index is 637. The number of carbonyl (C=O) groups is 3. The van der Waals surface area contributed by atoms with Gasteiger partial charge in [-0.3, -0.25) is 14.5 Å². The van der Waals surface area contributed by atoms with E-state index >= 15 is 0 Å². The molecule has 4 bridgehead atoms. The monoisotopic (exact) mass is 358 g/mol. The highest BCUT2D eigenvalue weighted by atomic mass is 16.2. The topological polar surface area (TPSA) is 66.5 Å². The van der Waals surface area contributed by atoms with E-state index in [4.69, 9.17) is 0 Å². The van der Waals surface area contributed by atoms with Crippen molar-refractivity contribution < 1.29 is 14.4 Å². The first-order valence-electron chi connectivity index (χ1n) is 10.6. The van der Waals surface area contributed by atoms with E-state index in [9.17, 15) is 14.4 Å². The molecule has 1 aliphatic heterocycles. The van der Waals surface area contributed by atoms with Crippen LogP contribution in [-0.2, 0) is 9.59 Å². The van der Waals surface area contributed by atoms with Gasteiger partial charge in [0, 0.05) is 5.41 Å². The van der Waals surface area contributed by atoms with Crippen molar-refractivity contribution in [2.75, 3.05) is 6.54 Å². The molecule has 5 aliphatic carbocycles. The van der Waals surface area contributed by atoms with Crippen molar-refractivity contribution in [2.45, 2.75) is 76.7 Å². The Morgan fingerprint density at radius 2 is 1.69 bits per heavy atom. The lowest BCUT2D eigenvalue weighted by Gasteiger charge is -2.56. The zero-order valence-corrected chi connectivity index (χ0v) is 15.8. The van der Waals surface area contributed by atoms with Crippen molar-refractivity contribution in [1.82, 2.24) is 10.2 Å². The lowest BCUT2D eigenvalue weighted by atomic mass is 9.48. The predicted octanol–water partition coefficient (Wildman–Crippen LogP) is 3.27. The number of nitrogens with one attached hydrogen (secondary N) is 1. The summed E-state index contributed by atoms with van der Waals surface area (Å²) >= 11 is 0. The van der Waals surface area contributed by atoms with E-state index in [0.29, 0.717) is 24.2 Å². The molecule has 0 radical (unpaired) electrons. The van der Waals surface area contributed by atoms with Crippen LogP contribution >= 0.6 is 0 Å². The minimum Gasteiger partial charge on any atom is -0.323 e. The number of hydrogen-bond donors (Lipinski definition) is 1. The molecule has 5 heteroatoms. The van der Waals surface area contributed by atoms with Gasteiger partial charge < -0.3 is 5.32 Å². The fourth-order valence-corrected chi connectivity index (χ4v) is 7.40. The molecule has 5 nitrogen and oxygen atoms in total. The van der Waals surface area contributed by atoms with E-state index in [1.807, 2.05) is 0 Å². The molecule has 1 spiro atoms. The van der Waals surface area contributed by atoms with Gasteiger partial charge in [0.2, 0.25) is 0 Å². The Labute approximate surface area is 155 Å². The van der Waals surface area contributed by atoms with Crippen molar-refractivity contribution in [3.8, 4) is 0 Å². The summed E-state index contributed by atoms with van der Waals surface area (Å²) in [5.74, 6) is 2.23. The number of nitrogens with zero attached hydrogens (tertiary/aromatic N) is 1. The molecule has 0 aromatic heterocycles. The second-order valence-electron chi connectivity index (χ2n) is 10.1. The number of urea groups is 1. The maximum atomic E-state index is 13.3. The summed E-state index contributed by atoms with van der Waals surface area (Å²) in [6.45, 7) is 2.05. The summed E-state index contributed by atoms with van der Waals surface area (Å²) in [6.07, 6.45) is 10.6. The first kappa shape index (κ1) is 16.8. The molecule has 0 aromatic carbocycles. The second-order valence-corrected chi connectivity index (χ2v) is 10.1. The third kappa shape index (κ3) is 2.24. The van der Waals surface area contributed by atoms with Gasteiger partial charge in [0.05, 0.1) is 6.54 Å². The molecule has 6 rings (SSSR count). The molecule has 1 saturated heterocycles. The zero-order valence-electron chi connectivity index (χ0n) is 15.8. The van der Waals surface area contributed by atoms with Crippen LogP contribution in [0, 0.1) is 29.1 Å². The van der Waals surface area contributed by atoms with Crippen molar-refractivity contribution in [3.63, 3.8) is 0 Å². The molecular weight excluding hydrogens is 328 g/mol. The van der Waals surface area contributed by atoms with Crippen LogP contribution in [-0.4, -0.2) is 34.7 Å². The Morgan fingerprint density at radius 3 is 2.27 bits per heavy atom. The van der Waals surface area contributed by atoms with Crippen molar-refractivity contribution in [2.24, 2.45) is 29.1 Å². The first-order valence-corrected chi connectivity index (χ1v) is 10.6. The molecule has 6 aliphatic rings. The number of imide groups is 1. The molecular formula is C21H30N2O3. The van der Waals surface area contributed by atoms with Gasteiger partial charge in [0.15, 0.2) is 5.78 Å². The number of rotatable bonds is 3. The summed E-state index contributed by atoms with van der Waals surface area (Å²) < 4.78 is 0. The Morgan fingerprint density at radius 1 is 1.08 bits per heavy atom. The Balaban J connectivity index is 1.36. The van der Waals surface area contributed by atoms with E-state index in [-0.39, 0.29) is 35.6 Å². The van der Waals surface area contributed by atoms with Gasteiger partial charge in [0.25, 0.3) is 5.91 Å². The van der Waals surface area contributed by atoms with Gasteiger partial charge in [-0.1, -0.05) is 19.8 Å². The van der Waals surface area contributed by atoms with E-state index in [0.717, 1.165) is 38.5 Å². The van der Waals surface area contributed by atoms with Crippen molar-refractivity contribution in [3.05, 3.63) is 0 Å². The molecule has 1 N–H and O–H groups in total. The lowest BCUT2D eigenvalue weighted by molar-refractivity contribution is -0.148. The Hall–Kier alpha value is -1.39. The lowest BCUT2D eigenvalue weighted by Crippen LogP contribution is -2.55. The molecule has 0 aromatic rings. The normalized spacial score (nSPS) is 46.9. The summed E-state index contributed by atoms with van der Waals surface area (Å²) in [7, 11) is 0. The third-order valence-corrected chi connectivity index (χ3v) is 8.43. The summed E-state index contributed by atoms with van der Waals surface area (Å²) in [6, 6.07) is -0.346. The maximum absolute atomic E-state index is 13.3. The largest absolute Gasteiger partial charge is 0.325 e. The van der Waals surface area contributed by atoms with Crippen LogP contribution in [0.15, 0.2) is 0 Å². The number of Topliss-reactive ketones (excluding diaryl/α,β-unsaturated/α-hetero) is 1. The van der Waals surface area contributed by atoms with Crippen LogP contribution in [0.25, 0.3) is 0 Å². The van der Waals surface area contributed by atoms with E-state index < -0.39 is 5.54 Å². The number of amides is 3. The van der Waals surface area contributed by atoms with Gasteiger partial charge in [0.1, 0.15) is 5.54 Å². The average molecular weight is 358 g/mol. The van der Waals surface area contributed by atoms with Gasteiger partial charge in [-0.05, 0) is 75.0 Å². The van der Waals surface area contributed by atoms with E-state index in [1.54, 1.807) is 0 Å². The molecule has 26 heavy (non-hydrogen) atoms. The van der Waals surface area contributed by atoms with Gasteiger partial charge in [-0.15, -0.1) is 0 Å². The molecule has 6 fully saturated rings. The summed E-state index contributed by atoms with van der Waals surface area (Å²) in [5.41, 5.74) is -1.000. The molecule has 1 heterocycles. The predicted molar refractivity (Wildman–Crippen MR) is 96.2 cm³/mol. The summed E-state index contributed by atoms with van der Waals surface area (Å²) in [5, 5.41) is 2.98. The van der Waals surface area contributed by atoms with Crippen LogP contribution in [0.1, 0.15) is 71.1 Å². The fraction of sp³-hybridized carbons (Fsp3) is 0.857. The standard InChI is InChI=1S/C21H30N2O3/c1-13-4-2-3-5-21(13)18(25)23(19(26)22-21)12-17(24)20-9-14-6-15(10-20)8-16(7-14)11-20/h13-16H,2-12H2,1H3,(H,22,26)/t13-,14?,15?,16?,20?,21+/m1/s1. The molecule has 5 saturated carbocycles. The smallest absolute Gasteiger partial charge is 0.323 e. The number of carbonyl (C=O) groups excluding carboxylic acids is 3. The van der Waals surface area contributed by atoms with Gasteiger partial charge in [-0.2, -0.15) is 0 Å². The SMILES string of the molecule is C[C@@H]1CCCC[C@]12NC(=O)N(CC(=O)C13CC4CC(CC(C4)C1)C3)C2=O. The average Bonchev–Trinajstić information content (AvgIpc) is 2.81. The van der Waals surface area contributed by atoms with Crippen LogP contribution in [0.4, 0.5) is 4.79 Å². The summed E-state index contributed by atoms with van der Waals surface area (Å²) in [4.78, 5) is 40.3. The van der Waals surface area contributed by atoms with Crippen LogP contribution < -0.4 is 5.32 Å². The number of hydrogen-bond acceptors (Lipinski definition) is 3. The van der Waals surface area contributed by atoms with Gasteiger partial charge >= 0.3 is 6.03 Å². The fourth-order valence-electron chi connectivity index (χ4n) is 7.40. The molecule has 2 atom stereocenters. The van der Waals surface area contributed by atoms with E-state index in [2.05, 4.69) is 12.2 Å². The highest BCUT2D eigenvalue weighted by molar-refractivity contribution is 6.09. The van der Waals surface area contributed by atoms with Crippen LogP contribution in [0.3, 0.4) is 0 Å². The van der Waals surface area contributed by atoms with E-state index in [1.165, 1.54) is 24.2 Å². The highest BCUT2D eigenvalue weighted by Gasteiger charge is 2.58. The first-order chi connectivity index (χ1) is 12.4. The van der Waals surface area contributed by atoms with Crippen LogP contribution in [0.5, 0.6) is 0 Å². The minimum atomic E-state index is -0.753. The van der Waals surface area contributed by atoms with Crippen molar-refractivity contribution >= 4 is 17.7 Å².